The third kappa shape index (κ3) is 1.60. The van der Waals surface area contributed by atoms with E-state index in [4.69, 9.17) is 0 Å². The summed E-state index contributed by atoms with van der Waals surface area (Å²) in [6.45, 7) is 2.11. The van der Waals surface area contributed by atoms with Crippen molar-refractivity contribution < 1.29 is 0 Å². The van der Waals surface area contributed by atoms with Crippen LogP contribution in [0, 0.1) is 6.92 Å². The smallest absolute Gasteiger partial charge is 0.159 e. The summed E-state index contributed by atoms with van der Waals surface area (Å²) in [5.41, 5.74) is 1.07. The molecule has 0 spiro atoms. The van der Waals surface area contributed by atoms with Crippen LogP contribution in [-0.4, -0.2) is 4.98 Å². The first kappa shape index (κ1) is 8.41. The molecule has 0 saturated heterocycles. The van der Waals surface area contributed by atoms with Gasteiger partial charge in [-0.1, -0.05) is 0 Å². The molecule has 0 aliphatic rings. The number of hydrogen-bond acceptors (Lipinski definition) is 3. The topological polar surface area (TPSA) is 12.9 Å². The standard InChI is InChI=1S/C8H6BrNS2/c1-5-2-3-7(12-5)6-4-11-8(9)10-6/h2-4H,1H3. The van der Waals surface area contributed by atoms with Crippen molar-refractivity contribution in [2.24, 2.45) is 0 Å². The molecule has 2 aromatic heterocycles. The van der Waals surface area contributed by atoms with Gasteiger partial charge in [0.05, 0.1) is 10.6 Å². The Morgan fingerprint density at radius 1 is 1.42 bits per heavy atom. The molecule has 0 aromatic carbocycles. The highest BCUT2D eigenvalue weighted by Gasteiger charge is 2.03. The van der Waals surface area contributed by atoms with Crippen molar-refractivity contribution in [2.75, 3.05) is 0 Å². The van der Waals surface area contributed by atoms with Gasteiger partial charge in [-0.2, -0.15) is 0 Å². The lowest BCUT2D eigenvalue weighted by atomic mass is 10.4. The average Bonchev–Trinajstić information content (AvgIpc) is 2.58. The van der Waals surface area contributed by atoms with Crippen molar-refractivity contribution in [3.05, 3.63) is 26.3 Å². The molecule has 0 radical (unpaired) electrons. The van der Waals surface area contributed by atoms with E-state index in [2.05, 4.69) is 45.4 Å². The van der Waals surface area contributed by atoms with Gasteiger partial charge in [-0.25, -0.2) is 4.98 Å². The van der Waals surface area contributed by atoms with Crippen LogP contribution in [0.4, 0.5) is 0 Å². The summed E-state index contributed by atoms with van der Waals surface area (Å²) >= 11 is 6.75. The molecule has 0 fully saturated rings. The fraction of sp³-hybridized carbons (Fsp3) is 0.125. The van der Waals surface area contributed by atoms with E-state index in [-0.39, 0.29) is 0 Å². The molecule has 0 amide bonds. The molecule has 0 aliphatic heterocycles. The summed E-state index contributed by atoms with van der Waals surface area (Å²) in [5.74, 6) is 0. The molecular formula is C8H6BrNS2. The van der Waals surface area contributed by atoms with Gasteiger partial charge in [0, 0.05) is 10.3 Å². The Bertz CT molecular complexity index is 353. The molecule has 2 aromatic rings. The maximum atomic E-state index is 4.34. The normalized spacial score (nSPS) is 10.5. The van der Waals surface area contributed by atoms with Crippen molar-refractivity contribution in [3.8, 4) is 10.6 Å². The molecule has 0 saturated carbocycles. The van der Waals surface area contributed by atoms with E-state index in [0.29, 0.717) is 0 Å². The number of aromatic nitrogens is 1. The van der Waals surface area contributed by atoms with Crippen LogP contribution in [0.1, 0.15) is 4.88 Å². The largest absolute Gasteiger partial charge is 0.228 e. The van der Waals surface area contributed by atoms with Crippen LogP contribution in [0.25, 0.3) is 10.6 Å². The van der Waals surface area contributed by atoms with Crippen molar-refractivity contribution in [3.63, 3.8) is 0 Å². The monoisotopic (exact) mass is 259 g/mol. The predicted octanol–water partition coefficient (Wildman–Crippen LogP) is 3.94. The Hall–Kier alpha value is -0.190. The highest BCUT2D eigenvalue weighted by Crippen LogP contribution is 2.30. The van der Waals surface area contributed by atoms with Crippen LogP contribution in [0.5, 0.6) is 0 Å². The highest BCUT2D eigenvalue weighted by molar-refractivity contribution is 9.11. The van der Waals surface area contributed by atoms with E-state index in [1.165, 1.54) is 9.75 Å². The first-order valence-electron chi connectivity index (χ1n) is 3.43. The van der Waals surface area contributed by atoms with E-state index < -0.39 is 0 Å². The maximum Gasteiger partial charge on any atom is 0.159 e. The zero-order valence-electron chi connectivity index (χ0n) is 6.37. The highest BCUT2D eigenvalue weighted by atomic mass is 79.9. The van der Waals surface area contributed by atoms with Crippen LogP contribution in [0.2, 0.25) is 0 Å². The lowest BCUT2D eigenvalue weighted by Crippen LogP contribution is -1.67. The number of halogens is 1. The molecule has 1 nitrogen and oxygen atoms in total. The predicted molar refractivity (Wildman–Crippen MR) is 57.9 cm³/mol. The van der Waals surface area contributed by atoms with Crippen LogP contribution >= 0.6 is 38.6 Å². The zero-order valence-corrected chi connectivity index (χ0v) is 9.59. The molecular weight excluding hydrogens is 254 g/mol. The third-order valence-corrected chi connectivity index (χ3v) is 3.86. The first-order valence-corrected chi connectivity index (χ1v) is 5.92. The first-order chi connectivity index (χ1) is 5.75. The minimum atomic E-state index is 0.948. The van der Waals surface area contributed by atoms with Gasteiger partial charge in [-0.05, 0) is 35.0 Å². The van der Waals surface area contributed by atoms with Gasteiger partial charge >= 0.3 is 0 Å². The molecule has 0 aliphatic carbocycles. The van der Waals surface area contributed by atoms with Gasteiger partial charge in [0.15, 0.2) is 3.92 Å². The Labute approximate surface area is 87.2 Å². The summed E-state index contributed by atoms with van der Waals surface area (Å²) in [4.78, 5) is 6.91. The minimum Gasteiger partial charge on any atom is -0.228 e. The zero-order chi connectivity index (χ0) is 8.55. The number of thiazole rings is 1. The second-order valence-electron chi connectivity index (χ2n) is 2.40. The molecule has 4 heteroatoms. The van der Waals surface area contributed by atoms with E-state index >= 15 is 0 Å². The molecule has 2 heterocycles. The van der Waals surface area contributed by atoms with Crippen LogP contribution < -0.4 is 0 Å². The van der Waals surface area contributed by atoms with Crippen molar-refractivity contribution in [2.45, 2.75) is 6.92 Å². The summed E-state index contributed by atoms with van der Waals surface area (Å²) in [6.07, 6.45) is 0. The minimum absolute atomic E-state index is 0.948. The molecule has 62 valence electrons. The number of aryl methyl sites for hydroxylation is 1. The van der Waals surface area contributed by atoms with Gasteiger partial charge < -0.3 is 0 Å². The van der Waals surface area contributed by atoms with E-state index in [1.807, 2.05) is 0 Å². The molecule has 0 N–H and O–H groups in total. The second kappa shape index (κ2) is 3.28. The van der Waals surface area contributed by atoms with Crippen LogP contribution in [0.15, 0.2) is 21.4 Å². The quantitative estimate of drug-likeness (QED) is 0.756. The van der Waals surface area contributed by atoms with Gasteiger partial charge in [0.2, 0.25) is 0 Å². The summed E-state index contributed by atoms with van der Waals surface area (Å²) in [5, 5.41) is 2.06. The fourth-order valence-corrected chi connectivity index (χ4v) is 2.85. The third-order valence-electron chi connectivity index (χ3n) is 1.47. The average molecular weight is 260 g/mol. The fourth-order valence-electron chi connectivity index (χ4n) is 0.937. The van der Waals surface area contributed by atoms with E-state index in [1.54, 1.807) is 22.7 Å². The Balaban J connectivity index is 2.43. The van der Waals surface area contributed by atoms with Gasteiger partial charge in [-0.15, -0.1) is 22.7 Å². The molecule has 0 unspecified atom stereocenters. The molecule has 0 atom stereocenters. The Morgan fingerprint density at radius 2 is 2.25 bits per heavy atom. The summed E-state index contributed by atoms with van der Waals surface area (Å²) < 4.78 is 0.948. The van der Waals surface area contributed by atoms with E-state index in [0.717, 1.165) is 9.61 Å². The number of rotatable bonds is 1. The molecule has 12 heavy (non-hydrogen) atoms. The second-order valence-corrected chi connectivity index (χ2v) is 5.82. The number of hydrogen-bond donors (Lipinski definition) is 0. The van der Waals surface area contributed by atoms with Gasteiger partial charge in [0.1, 0.15) is 0 Å². The SMILES string of the molecule is Cc1ccc(-c2csc(Br)n2)s1. The van der Waals surface area contributed by atoms with Crippen molar-refractivity contribution >= 4 is 38.6 Å². The molecule has 2 rings (SSSR count). The van der Waals surface area contributed by atoms with Gasteiger partial charge in [0.25, 0.3) is 0 Å². The number of thiophene rings is 1. The van der Waals surface area contributed by atoms with Crippen molar-refractivity contribution in [1.82, 2.24) is 4.98 Å². The number of nitrogens with zero attached hydrogens (tertiary/aromatic N) is 1. The van der Waals surface area contributed by atoms with Crippen LogP contribution in [-0.2, 0) is 0 Å². The molecule has 0 bridgehead atoms. The maximum absolute atomic E-state index is 4.34. The van der Waals surface area contributed by atoms with E-state index in [9.17, 15) is 0 Å². The lowest BCUT2D eigenvalue weighted by Gasteiger charge is -1.85. The van der Waals surface area contributed by atoms with Crippen molar-refractivity contribution in [1.29, 1.82) is 0 Å². The Morgan fingerprint density at radius 3 is 2.75 bits per heavy atom. The Kier molecular flexibility index (Phi) is 2.30. The van der Waals surface area contributed by atoms with Gasteiger partial charge in [-0.3, -0.25) is 0 Å². The lowest BCUT2D eigenvalue weighted by molar-refractivity contribution is 1.39. The summed E-state index contributed by atoms with van der Waals surface area (Å²) in [6, 6.07) is 4.23. The summed E-state index contributed by atoms with van der Waals surface area (Å²) in [7, 11) is 0. The van der Waals surface area contributed by atoms with Crippen LogP contribution in [0.3, 0.4) is 0 Å².